The van der Waals surface area contributed by atoms with E-state index in [0.717, 1.165) is 0 Å². The van der Waals surface area contributed by atoms with Gasteiger partial charge in [-0.3, -0.25) is 10.7 Å². The number of hydrogen-bond acceptors (Lipinski definition) is 6. The van der Waals surface area contributed by atoms with Gasteiger partial charge in [-0.25, -0.2) is 0 Å². The van der Waals surface area contributed by atoms with Gasteiger partial charge in [-0.15, -0.1) is 4.91 Å². The van der Waals surface area contributed by atoms with E-state index in [9.17, 15) is 4.91 Å². The first-order valence-electron chi connectivity index (χ1n) is 3.74. The number of aromatic nitrogens is 1. The molecule has 0 fully saturated rings. The summed E-state index contributed by atoms with van der Waals surface area (Å²) in [5, 5.41) is 14.9. The molecule has 1 aromatic rings. The van der Waals surface area contributed by atoms with Crippen molar-refractivity contribution in [1.29, 1.82) is 0 Å². The zero-order chi connectivity index (χ0) is 10.1. The van der Waals surface area contributed by atoms with Gasteiger partial charge in [0.2, 0.25) is 0 Å². The maximum Gasteiger partial charge on any atom is 0.316 e. The van der Waals surface area contributed by atoms with Crippen molar-refractivity contribution in [3.05, 3.63) is 10.6 Å². The summed E-state index contributed by atoms with van der Waals surface area (Å²) >= 11 is 0. The van der Waals surface area contributed by atoms with Crippen LogP contribution in [0.2, 0.25) is 0 Å². The molecule has 0 atom stereocenters. The van der Waals surface area contributed by atoms with Crippen molar-refractivity contribution in [2.45, 2.75) is 26.2 Å². The smallest absolute Gasteiger partial charge is 0.316 e. The Morgan fingerprint density at radius 2 is 2.15 bits per heavy atom. The van der Waals surface area contributed by atoms with Crippen molar-refractivity contribution in [2.24, 2.45) is 5.18 Å². The molecule has 0 saturated heterocycles. The molecule has 0 aliphatic carbocycles. The van der Waals surface area contributed by atoms with Crippen LogP contribution >= 0.6 is 0 Å². The highest BCUT2D eigenvalue weighted by molar-refractivity contribution is 5.62. The van der Waals surface area contributed by atoms with Crippen LogP contribution in [0.5, 0.6) is 0 Å². The molecule has 1 aromatic heterocycles. The zero-order valence-corrected chi connectivity index (χ0v) is 7.66. The summed E-state index contributed by atoms with van der Waals surface area (Å²) in [6.07, 6.45) is 0. The summed E-state index contributed by atoms with van der Waals surface area (Å²) in [5.41, 5.74) is 2.12. The molecule has 0 spiro atoms. The fraction of sp³-hybridized carbons (Fsp3) is 0.571. The summed E-state index contributed by atoms with van der Waals surface area (Å²) in [5.74, 6) is -0.243. The van der Waals surface area contributed by atoms with Gasteiger partial charge >= 0.3 is 5.88 Å². The molecule has 0 aliphatic heterocycles. The SMILES string of the molecule is CC(C)(C)c1noc(N=O)c1NO. The molecule has 6 heteroatoms. The lowest BCUT2D eigenvalue weighted by atomic mass is 9.91. The van der Waals surface area contributed by atoms with E-state index < -0.39 is 0 Å². The molecule has 1 heterocycles. The largest absolute Gasteiger partial charge is 0.330 e. The van der Waals surface area contributed by atoms with E-state index in [1.807, 2.05) is 26.3 Å². The lowest BCUT2D eigenvalue weighted by molar-refractivity contribution is 0.386. The molecule has 13 heavy (non-hydrogen) atoms. The van der Waals surface area contributed by atoms with Crippen molar-refractivity contribution >= 4 is 11.6 Å². The van der Waals surface area contributed by atoms with Crippen LogP contribution in [0.1, 0.15) is 26.5 Å². The van der Waals surface area contributed by atoms with Crippen LogP contribution in [0.4, 0.5) is 11.6 Å². The summed E-state index contributed by atoms with van der Waals surface area (Å²) in [6.45, 7) is 5.63. The monoisotopic (exact) mass is 185 g/mol. The van der Waals surface area contributed by atoms with Crippen LogP contribution in [0.25, 0.3) is 0 Å². The molecule has 0 amide bonds. The van der Waals surface area contributed by atoms with Crippen LogP contribution in [0, 0.1) is 4.91 Å². The fourth-order valence-corrected chi connectivity index (χ4v) is 0.956. The van der Waals surface area contributed by atoms with Gasteiger partial charge in [0.1, 0.15) is 5.69 Å². The standard InChI is InChI=1S/C7H11N3O3/c1-7(2,3)5-4(8-11)6(9-12)13-10-5/h8,11H,1-3H3. The number of nitrogens with zero attached hydrogens (tertiary/aromatic N) is 2. The quantitative estimate of drug-likeness (QED) is 0.544. The van der Waals surface area contributed by atoms with Gasteiger partial charge in [0.15, 0.2) is 5.69 Å². The van der Waals surface area contributed by atoms with Crippen molar-refractivity contribution in [1.82, 2.24) is 5.16 Å². The molecule has 72 valence electrons. The molecule has 0 aromatic carbocycles. The van der Waals surface area contributed by atoms with Gasteiger partial charge in [0.25, 0.3) is 0 Å². The van der Waals surface area contributed by atoms with Gasteiger partial charge in [-0.05, 0) is 0 Å². The second-order valence-corrected chi connectivity index (χ2v) is 3.66. The first kappa shape index (κ1) is 9.66. The van der Waals surface area contributed by atoms with E-state index in [2.05, 4.69) is 14.9 Å². The van der Waals surface area contributed by atoms with Crippen molar-refractivity contribution in [2.75, 3.05) is 5.48 Å². The minimum atomic E-state index is -0.322. The van der Waals surface area contributed by atoms with E-state index in [-0.39, 0.29) is 17.0 Å². The van der Waals surface area contributed by atoms with Crippen LogP contribution in [-0.4, -0.2) is 10.4 Å². The molecule has 1 rings (SSSR count). The first-order chi connectivity index (χ1) is 6.00. The molecular weight excluding hydrogens is 174 g/mol. The van der Waals surface area contributed by atoms with Gasteiger partial charge < -0.3 is 4.52 Å². The number of nitroso groups, excluding NO2 is 1. The zero-order valence-electron chi connectivity index (χ0n) is 7.66. The molecule has 0 radical (unpaired) electrons. The molecule has 2 N–H and O–H groups in total. The highest BCUT2D eigenvalue weighted by atomic mass is 16.5. The first-order valence-corrected chi connectivity index (χ1v) is 3.74. The third-order valence-corrected chi connectivity index (χ3v) is 1.58. The number of anilines is 1. The number of rotatable bonds is 2. The Hall–Kier alpha value is -1.43. The Bertz CT molecular complexity index is 313. The molecule has 0 unspecified atom stereocenters. The van der Waals surface area contributed by atoms with Gasteiger partial charge in [-0.2, -0.15) is 0 Å². The molecule has 6 nitrogen and oxygen atoms in total. The Morgan fingerprint density at radius 3 is 2.54 bits per heavy atom. The average Bonchev–Trinajstić information content (AvgIpc) is 2.45. The normalized spacial score (nSPS) is 11.4. The second-order valence-electron chi connectivity index (χ2n) is 3.66. The predicted octanol–water partition coefficient (Wildman–Crippen LogP) is 2.17. The van der Waals surface area contributed by atoms with E-state index in [1.165, 1.54) is 0 Å². The maximum absolute atomic E-state index is 10.2. The summed E-state index contributed by atoms with van der Waals surface area (Å²) in [4.78, 5) is 10.2. The van der Waals surface area contributed by atoms with Crippen LogP contribution in [-0.2, 0) is 5.41 Å². The molecule has 0 bridgehead atoms. The molecule has 0 saturated carbocycles. The Balaban J connectivity index is 3.23. The topological polar surface area (TPSA) is 87.7 Å². The predicted molar refractivity (Wildman–Crippen MR) is 46.1 cm³/mol. The van der Waals surface area contributed by atoms with Crippen LogP contribution < -0.4 is 5.48 Å². The second kappa shape index (κ2) is 3.14. The summed E-state index contributed by atoms with van der Waals surface area (Å²) < 4.78 is 4.61. The highest BCUT2D eigenvalue weighted by Crippen LogP contribution is 2.35. The van der Waals surface area contributed by atoms with Crippen LogP contribution in [0.15, 0.2) is 9.70 Å². The third kappa shape index (κ3) is 1.67. The fourth-order valence-electron chi connectivity index (χ4n) is 0.956. The minimum Gasteiger partial charge on any atom is -0.330 e. The van der Waals surface area contributed by atoms with Crippen molar-refractivity contribution in [3.8, 4) is 0 Å². The van der Waals surface area contributed by atoms with Crippen LogP contribution in [0.3, 0.4) is 0 Å². The Morgan fingerprint density at radius 1 is 1.54 bits per heavy atom. The number of hydrogen-bond donors (Lipinski definition) is 2. The van der Waals surface area contributed by atoms with E-state index in [0.29, 0.717) is 5.69 Å². The van der Waals surface area contributed by atoms with Gasteiger partial charge in [-0.1, -0.05) is 25.9 Å². The van der Waals surface area contributed by atoms with E-state index >= 15 is 0 Å². The summed E-state index contributed by atoms with van der Waals surface area (Å²) in [7, 11) is 0. The number of nitrogens with one attached hydrogen (secondary N) is 1. The molecular formula is C7H11N3O3. The summed E-state index contributed by atoms with van der Waals surface area (Å²) in [6, 6.07) is 0. The van der Waals surface area contributed by atoms with Crippen molar-refractivity contribution < 1.29 is 9.73 Å². The van der Waals surface area contributed by atoms with Gasteiger partial charge in [0.05, 0.1) is 0 Å². The Kier molecular flexibility index (Phi) is 2.33. The lowest BCUT2D eigenvalue weighted by Crippen LogP contribution is -2.13. The minimum absolute atomic E-state index is 0.127. The Labute approximate surface area is 74.8 Å². The van der Waals surface area contributed by atoms with Crippen molar-refractivity contribution in [3.63, 3.8) is 0 Å². The lowest BCUT2D eigenvalue weighted by Gasteiger charge is -2.15. The van der Waals surface area contributed by atoms with Gasteiger partial charge in [0, 0.05) is 10.6 Å². The third-order valence-electron chi connectivity index (χ3n) is 1.58. The average molecular weight is 185 g/mol. The molecule has 0 aliphatic rings. The highest BCUT2D eigenvalue weighted by Gasteiger charge is 2.26. The maximum atomic E-state index is 10.2. The van der Waals surface area contributed by atoms with E-state index in [4.69, 9.17) is 5.21 Å². The van der Waals surface area contributed by atoms with E-state index in [1.54, 1.807) is 0 Å².